The van der Waals surface area contributed by atoms with Crippen LogP contribution in [0.15, 0.2) is 48.5 Å². The SMILES string of the molecule is CCOC(=O)c1cccc(C(=O)c2cccc(CN3CCCC3)c2)c1. The zero-order valence-electron chi connectivity index (χ0n) is 14.5. The normalized spacial score (nSPS) is 14.4. The number of nitrogens with zero attached hydrogens (tertiary/aromatic N) is 1. The van der Waals surface area contributed by atoms with Crippen LogP contribution >= 0.6 is 0 Å². The molecule has 0 unspecified atom stereocenters. The van der Waals surface area contributed by atoms with Gasteiger partial charge in [-0.3, -0.25) is 9.69 Å². The lowest BCUT2D eigenvalue weighted by Crippen LogP contribution is -2.18. The second-order valence-electron chi connectivity index (χ2n) is 6.31. The Morgan fingerprint density at radius 1 is 0.960 bits per heavy atom. The van der Waals surface area contributed by atoms with Gasteiger partial charge in [-0.1, -0.05) is 30.3 Å². The third-order valence-corrected chi connectivity index (χ3v) is 4.43. The molecule has 2 aromatic rings. The molecule has 0 bridgehead atoms. The van der Waals surface area contributed by atoms with E-state index in [1.165, 1.54) is 12.8 Å². The maximum atomic E-state index is 12.8. The monoisotopic (exact) mass is 337 g/mol. The number of ether oxygens (including phenoxy) is 1. The highest BCUT2D eigenvalue weighted by Gasteiger charge is 2.15. The van der Waals surface area contributed by atoms with Gasteiger partial charge in [0.25, 0.3) is 0 Å². The second-order valence-corrected chi connectivity index (χ2v) is 6.31. The number of carbonyl (C=O) groups is 2. The Morgan fingerprint density at radius 3 is 2.32 bits per heavy atom. The minimum Gasteiger partial charge on any atom is -0.462 e. The summed E-state index contributed by atoms with van der Waals surface area (Å²) < 4.78 is 5.01. The molecule has 25 heavy (non-hydrogen) atoms. The summed E-state index contributed by atoms with van der Waals surface area (Å²) in [6, 6.07) is 14.5. The summed E-state index contributed by atoms with van der Waals surface area (Å²) in [5.41, 5.74) is 2.71. The number of likely N-dealkylation sites (tertiary alicyclic amines) is 1. The zero-order valence-corrected chi connectivity index (χ0v) is 14.5. The van der Waals surface area contributed by atoms with Crippen molar-refractivity contribution in [3.05, 3.63) is 70.8 Å². The molecule has 0 amide bonds. The average Bonchev–Trinajstić information content (AvgIpc) is 3.14. The molecule has 0 atom stereocenters. The zero-order chi connectivity index (χ0) is 17.6. The number of carbonyl (C=O) groups excluding carboxylic acids is 2. The Labute approximate surface area is 148 Å². The predicted octanol–water partition coefficient (Wildman–Crippen LogP) is 3.69. The first-order chi connectivity index (χ1) is 12.2. The fraction of sp³-hybridized carbons (Fsp3) is 0.333. The smallest absolute Gasteiger partial charge is 0.338 e. The molecule has 2 aromatic carbocycles. The molecular formula is C21H23NO3. The number of esters is 1. The van der Waals surface area contributed by atoms with Crippen LogP contribution in [0, 0.1) is 0 Å². The number of ketones is 1. The van der Waals surface area contributed by atoms with Crippen LogP contribution in [0.3, 0.4) is 0 Å². The first-order valence-electron chi connectivity index (χ1n) is 8.80. The molecule has 4 nitrogen and oxygen atoms in total. The molecule has 0 spiro atoms. The Kier molecular flexibility index (Phi) is 5.61. The molecule has 4 heteroatoms. The van der Waals surface area contributed by atoms with Gasteiger partial charge in [-0.15, -0.1) is 0 Å². The number of hydrogen-bond acceptors (Lipinski definition) is 4. The highest BCUT2D eigenvalue weighted by atomic mass is 16.5. The molecule has 0 N–H and O–H groups in total. The van der Waals surface area contributed by atoms with Gasteiger partial charge >= 0.3 is 5.97 Å². The molecule has 1 aliphatic rings. The van der Waals surface area contributed by atoms with Crippen molar-refractivity contribution in [2.45, 2.75) is 26.3 Å². The number of rotatable bonds is 6. The summed E-state index contributed by atoms with van der Waals surface area (Å²) in [4.78, 5) is 27.1. The number of hydrogen-bond donors (Lipinski definition) is 0. The Balaban J connectivity index is 1.78. The Bertz CT molecular complexity index is 763. The van der Waals surface area contributed by atoms with Crippen LogP contribution in [0.5, 0.6) is 0 Å². The van der Waals surface area contributed by atoms with Crippen LogP contribution in [0.25, 0.3) is 0 Å². The van der Waals surface area contributed by atoms with Crippen molar-refractivity contribution in [2.24, 2.45) is 0 Å². The summed E-state index contributed by atoms with van der Waals surface area (Å²) in [7, 11) is 0. The summed E-state index contributed by atoms with van der Waals surface area (Å²) in [5.74, 6) is -0.477. The maximum Gasteiger partial charge on any atom is 0.338 e. The minimum absolute atomic E-state index is 0.0746. The van der Waals surface area contributed by atoms with Gasteiger partial charge in [-0.05, 0) is 56.6 Å². The fourth-order valence-corrected chi connectivity index (χ4v) is 3.18. The lowest BCUT2D eigenvalue weighted by molar-refractivity contribution is 0.0526. The van der Waals surface area contributed by atoms with E-state index < -0.39 is 5.97 Å². The van der Waals surface area contributed by atoms with Crippen molar-refractivity contribution in [3.8, 4) is 0 Å². The summed E-state index contributed by atoms with van der Waals surface area (Å²) >= 11 is 0. The molecule has 0 saturated carbocycles. The average molecular weight is 337 g/mol. The first kappa shape index (κ1) is 17.4. The second kappa shape index (κ2) is 8.08. The molecule has 3 rings (SSSR count). The van der Waals surface area contributed by atoms with Gasteiger partial charge in [0.2, 0.25) is 0 Å². The van der Waals surface area contributed by atoms with E-state index in [4.69, 9.17) is 4.74 Å². The molecule has 0 radical (unpaired) electrons. The lowest BCUT2D eigenvalue weighted by Gasteiger charge is -2.15. The predicted molar refractivity (Wildman–Crippen MR) is 96.8 cm³/mol. The van der Waals surface area contributed by atoms with E-state index in [2.05, 4.69) is 11.0 Å². The van der Waals surface area contributed by atoms with Gasteiger partial charge in [-0.25, -0.2) is 4.79 Å². The van der Waals surface area contributed by atoms with Gasteiger partial charge in [0.05, 0.1) is 12.2 Å². The van der Waals surface area contributed by atoms with Crippen molar-refractivity contribution in [1.29, 1.82) is 0 Å². The molecule has 1 aliphatic heterocycles. The van der Waals surface area contributed by atoms with Crippen molar-refractivity contribution in [1.82, 2.24) is 4.90 Å². The molecule has 130 valence electrons. The van der Waals surface area contributed by atoms with Gasteiger partial charge in [0.1, 0.15) is 0 Å². The molecular weight excluding hydrogens is 314 g/mol. The van der Waals surface area contributed by atoms with Crippen LogP contribution in [0.4, 0.5) is 0 Å². The van der Waals surface area contributed by atoms with Crippen LogP contribution < -0.4 is 0 Å². The van der Waals surface area contributed by atoms with Gasteiger partial charge in [0, 0.05) is 17.7 Å². The van der Waals surface area contributed by atoms with Crippen molar-refractivity contribution in [3.63, 3.8) is 0 Å². The van der Waals surface area contributed by atoms with E-state index in [9.17, 15) is 9.59 Å². The quantitative estimate of drug-likeness (QED) is 0.596. The summed E-state index contributed by atoms with van der Waals surface area (Å²) in [6.45, 7) is 5.21. The van der Waals surface area contributed by atoms with Crippen molar-refractivity contribution in [2.75, 3.05) is 19.7 Å². The Morgan fingerprint density at radius 2 is 1.60 bits per heavy atom. The fourth-order valence-electron chi connectivity index (χ4n) is 3.18. The summed E-state index contributed by atoms with van der Waals surface area (Å²) in [5, 5.41) is 0. The largest absolute Gasteiger partial charge is 0.462 e. The standard InChI is InChI=1S/C21H23NO3/c1-2-25-21(24)19-10-6-9-18(14-19)20(23)17-8-5-7-16(13-17)15-22-11-3-4-12-22/h5-10,13-14H,2-4,11-12,15H2,1H3. The van der Waals surface area contributed by atoms with E-state index in [-0.39, 0.29) is 5.78 Å². The van der Waals surface area contributed by atoms with Gasteiger partial charge in [-0.2, -0.15) is 0 Å². The van der Waals surface area contributed by atoms with E-state index in [0.717, 1.165) is 25.2 Å². The van der Waals surface area contributed by atoms with Crippen LogP contribution in [0.1, 0.15) is 51.6 Å². The Hall–Kier alpha value is -2.46. The van der Waals surface area contributed by atoms with Crippen LogP contribution in [-0.4, -0.2) is 36.3 Å². The van der Waals surface area contributed by atoms with Gasteiger partial charge in [0.15, 0.2) is 5.78 Å². The molecule has 0 aromatic heterocycles. The topological polar surface area (TPSA) is 46.6 Å². The molecule has 0 aliphatic carbocycles. The minimum atomic E-state index is -0.403. The third kappa shape index (κ3) is 4.34. The highest BCUT2D eigenvalue weighted by molar-refractivity contribution is 6.10. The third-order valence-electron chi connectivity index (χ3n) is 4.43. The van der Waals surface area contributed by atoms with Crippen LogP contribution in [0.2, 0.25) is 0 Å². The van der Waals surface area contributed by atoms with E-state index >= 15 is 0 Å². The van der Waals surface area contributed by atoms with Crippen molar-refractivity contribution < 1.29 is 14.3 Å². The van der Waals surface area contributed by atoms with E-state index in [0.29, 0.717) is 23.3 Å². The highest BCUT2D eigenvalue weighted by Crippen LogP contribution is 2.17. The maximum absolute atomic E-state index is 12.8. The molecule has 1 heterocycles. The van der Waals surface area contributed by atoms with Gasteiger partial charge < -0.3 is 4.74 Å². The van der Waals surface area contributed by atoms with E-state index in [1.807, 2.05) is 18.2 Å². The van der Waals surface area contributed by atoms with Crippen molar-refractivity contribution >= 4 is 11.8 Å². The van der Waals surface area contributed by atoms with E-state index in [1.54, 1.807) is 31.2 Å². The first-order valence-corrected chi connectivity index (χ1v) is 8.80. The van der Waals surface area contributed by atoms with Crippen LogP contribution in [-0.2, 0) is 11.3 Å². The molecule has 1 fully saturated rings. The summed E-state index contributed by atoms with van der Waals surface area (Å²) in [6.07, 6.45) is 2.50. The number of benzene rings is 2. The lowest BCUT2D eigenvalue weighted by atomic mass is 9.99. The molecule has 1 saturated heterocycles.